The molecular formula is C19H13ClN2OS. The molecule has 0 saturated carbocycles. The molecule has 3 nitrogen and oxygen atoms in total. The van der Waals surface area contributed by atoms with E-state index in [1.165, 1.54) is 11.3 Å². The van der Waals surface area contributed by atoms with E-state index in [0.29, 0.717) is 17.0 Å². The molecule has 2 aromatic carbocycles. The fourth-order valence-corrected chi connectivity index (χ4v) is 3.86. The van der Waals surface area contributed by atoms with Gasteiger partial charge in [-0.05, 0) is 29.3 Å². The molecule has 0 aliphatic carbocycles. The monoisotopic (exact) mass is 352 g/mol. The number of hydrogen-bond donors (Lipinski definition) is 0. The van der Waals surface area contributed by atoms with Gasteiger partial charge in [0.2, 0.25) is 0 Å². The summed E-state index contributed by atoms with van der Waals surface area (Å²) in [5.41, 5.74) is 2.05. The Morgan fingerprint density at radius 3 is 2.67 bits per heavy atom. The van der Waals surface area contributed by atoms with Crippen LogP contribution in [0.2, 0.25) is 5.02 Å². The molecule has 2 aromatic heterocycles. The topological polar surface area (TPSA) is 34.9 Å². The SMILES string of the molecule is O=c1c2cc(-c3ccccc3)sc2ncn1Cc1cccc(Cl)c1. The maximum atomic E-state index is 12.8. The molecule has 118 valence electrons. The van der Waals surface area contributed by atoms with Crippen molar-refractivity contribution in [2.45, 2.75) is 6.54 Å². The number of nitrogens with zero attached hydrogens (tertiary/aromatic N) is 2. The molecule has 0 saturated heterocycles. The van der Waals surface area contributed by atoms with Gasteiger partial charge in [-0.25, -0.2) is 4.98 Å². The summed E-state index contributed by atoms with van der Waals surface area (Å²) in [7, 11) is 0. The standard InChI is InChI=1S/C19H13ClN2OS/c20-15-8-4-5-13(9-15)11-22-12-21-18-16(19(22)23)10-17(24-18)14-6-2-1-3-7-14/h1-10,12H,11H2. The minimum atomic E-state index is -0.0293. The number of halogens is 1. The number of fused-ring (bicyclic) bond motifs is 1. The lowest BCUT2D eigenvalue weighted by molar-refractivity contribution is 0.749. The van der Waals surface area contributed by atoms with Gasteiger partial charge in [0, 0.05) is 9.90 Å². The first-order valence-electron chi connectivity index (χ1n) is 7.49. The Bertz CT molecular complexity index is 1070. The molecule has 4 aromatic rings. The van der Waals surface area contributed by atoms with Crippen molar-refractivity contribution in [3.05, 3.63) is 87.9 Å². The lowest BCUT2D eigenvalue weighted by Crippen LogP contribution is -2.20. The number of thiophene rings is 1. The third kappa shape index (κ3) is 2.86. The van der Waals surface area contributed by atoms with Crippen LogP contribution in [-0.4, -0.2) is 9.55 Å². The van der Waals surface area contributed by atoms with Crippen molar-refractivity contribution in [2.24, 2.45) is 0 Å². The van der Waals surface area contributed by atoms with Gasteiger partial charge in [-0.1, -0.05) is 54.1 Å². The maximum absolute atomic E-state index is 12.8. The number of rotatable bonds is 3. The molecule has 0 unspecified atom stereocenters. The largest absolute Gasteiger partial charge is 0.294 e. The van der Waals surface area contributed by atoms with Crippen molar-refractivity contribution in [3.63, 3.8) is 0 Å². The third-order valence-corrected chi connectivity index (χ3v) is 5.15. The molecule has 0 aliphatic rings. The van der Waals surface area contributed by atoms with Crippen molar-refractivity contribution >= 4 is 33.2 Å². The van der Waals surface area contributed by atoms with Crippen LogP contribution in [0.25, 0.3) is 20.7 Å². The van der Waals surface area contributed by atoms with Gasteiger partial charge in [0.15, 0.2) is 0 Å². The highest BCUT2D eigenvalue weighted by molar-refractivity contribution is 7.21. The van der Waals surface area contributed by atoms with E-state index in [0.717, 1.165) is 20.8 Å². The molecule has 5 heteroatoms. The van der Waals surface area contributed by atoms with Gasteiger partial charge in [0.05, 0.1) is 18.3 Å². The van der Waals surface area contributed by atoms with E-state index >= 15 is 0 Å². The first-order chi connectivity index (χ1) is 11.7. The van der Waals surface area contributed by atoms with Crippen LogP contribution in [0, 0.1) is 0 Å². The van der Waals surface area contributed by atoms with Gasteiger partial charge in [-0.2, -0.15) is 0 Å². The summed E-state index contributed by atoms with van der Waals surface area (Å²) >= 11 is 7.55. The normalized spacial score (nSPS) is 11.0. The Hall–Kier alpha value is -2.43. The first kappa shape index (κ1) is 15.1. The van der Waals surface area contributed by atoms with Crippen LogP contribution in [0.4, 0.5) is 0 Å². The predicted octanol–water partition coefficient (Wildman–Crippen LogP) is 4.83. The smallest absolute Gasteiger partial charge is 0.262 e. The molecule has 0 amide bonds. The molecule has 0 bridgehead atoms. The highest BCUT2D eigenvalue weighted by Gasteiger charge is 2.10. The molecule has 0 atom stereocenters. The first-order valence-corrected chi connectivity index (χ1v) is 8.69. The molecule has 4 rings (SSSR count). The van der Waals surface area contributed by atoms with Crippen LogP contribution >= 0.6 is 22.9 Å². The molecule has 0 N–H and O–H groups in total. The van der Waals surface area contributed by atoms with Crippen molar-refractivity contribution in [1.82, 2.24) is 9.55 Å². The van der Waals surface area contributed by atoms with Crippen LogP contribution in [0.5, 0.6) is 0 Å². The molecule has 24 heavy (non-hydrogen) atoms. The second-order valence-electron chi connectivity index (χ2n) is 5.50. The number of benzene rings is 2. The second-order valence-corrected chi connectivity index (χ2v) is 6.97. The van der Waals surface area contributed by atoms with Crippen LogP contribution in [0.3, 0.4) is 0 Å². The number of hydrogen-bond acceptors (Lipinski definition) is 3. The highest BCUT2D eigenvalue weighted by atomic mass is 35.5. The summed E-state index contributed by atoms with van der Waals surface area (Å²) in [6.45, 7) is 0.457. The fraction of sp³-hybridized carbons (Fsp3) is 0.0526. The van der Waals surface area contributed by atoms with Crippen LogP contribution < -0.4 is 5.56 Å². The lowest BCUT2D eigenvalue weighted by atomic mass is 10.2. The molecule has 2 heterocycles. The van der Waals surface area contributed by atoms with E-state index in [-0.39, 0.29) is 5.56 Å². The average Bonchev–Trinajstić information content (AvgIpc) is 3.03. The molecule has 0 radical (unpaired) electrons. The van der Waals surface area contributed by atoms with E-state index < -0.39 is 0 Å². The van der Waals surface area contributed by atoms with Gasteiger partial charge >= 0.3 is 0 Å². The predicted molar refractivity (Wildman–Crippen MR) is 99.9 cm³/mol. The van der Waals surface area contributed by atoms with Crippen LogP contribution in [0.15, 0.2) is 71.8 Å². The van der Waals surface area contributed by atoms with Gasteiger partial charge in [0.25, 0.3) is 5.56 Å². The van der Waals surface area contributed by atoms with E-state index in [1.54, 1.807) is 10.9 Å². The second kappa shape index (κ2) is 6.23. The maximum Gasteiger partial charge on any atom is 0.262 e. The van der Waals surface area contributed by atoms with Gasteiger partial charge in [-0.15, -0.1) is 11.3 Å². The zero-order chi connectivity index (χ0) is 16.5. The van der Waals surface area contributed by atoms with Gasteiger partial charge < -0.3 is 0 Å². The molecule has 0 spiro atoms. The molecule has 0 fully saturated rings. The summed E-state index contributed by atoms with van der Waals surface area (Å²) in [5, 5.41) is 1.32. The van der Waals surface area contributed by atoms with E-state index in [9.17, 15) is 4.79 Å². The molecular weight excluding hydrogens is 340 g/mol. The Morgan fingerprint density at radius 1 is 1.04 bits per heavy atom. The van der Waals surface area contributed by atoms with Crippen molar-refractivity contribution in [3.8, 4) is 10.4 Å². The summed E-state index contributed by atoms with van der Waals surface area (Å²) in [4.78, 5) is 19.0. The van der Waals surface area contributed by atoms with Crippen molar-refractivity contribution in [1.29, 1.82) is 0 Å². The van der Waals surface area contributed by atoms with Gasteiger partial charge in [0.1, 0.15) is 4.83 Å². The van der Waals surface area contributed by atoms with Crippen LogP contribution in [0.1, 0.15) is 5.56 Å². The van der Waals surface area contributed by atoms with E-state index in [1.807, 2.05) is 60.7 Å². The minimum Gasteiger partial charge on any atom is -0.294 e. The molecule has 0 aliphatic heterocycles. The summed E-state index contributed by atoms with van der Waals surface area (Å²) < 4.78 is 1.62. The minimum absolute atomic E-state index is 0.0293. The number of aromatic nitrogens is 2. The van der Waals surface area contributed by atoms with E-state index in [2.05, 4.69) is 4.98 Å². The Labute approximate surface area is 147 Å². The zero-order valence-electron chi connectivity index (χ0n) is 12.6. The summed E-state index contributed by atoms with van der Waals surface area (Å²) in [6, 6.07) is 19.5. The van der Waals surface area contributed by atoms with Gasteiger partial charge in [-0.3, -0.25) is 9.36 Å². The van der Waals surface area contributed by atoms with Crippen LogP contribution in [-0.2, 0) is 6.54 Å². The van der Waals surface area contributed by atoms with E-state index in [4.69, 9.17) is 11.6 Å². The summed E-state index contributed by atoms with van der Waals surface area (Å²) in [6.07, 6.45) is 1.61. The van der Waals surface area contributed by atoms with Crippen molar-refractivity contribution < 1.29 is 0 Å². The zero-order valence-corrected chi connectivity index (χ0v) is 14.2. The highest BCUT2D eigenvalue weighted by Crippen LogP contribution is 2.30. The summed E-state index contributed by atoms with van der Waals surface area (Å²) in [5.74, 6) is 0. The Balaban J connectivity index is 1.76. The van der Waals surface area contributed by atoms with Crippen molar-refractivity contribution in [2.75, 3.05) is 0 Å². The quantitative estimate of drug-likeness (QED) is 0.529. The Kier molecular flexibility index (Phi) is 3.92. The average molecular weight is 353 g/mol. The Morgan fingerprint density at radius 2 is 1.88 bits per heavy atom. The fourth-order valence-electron chi connectivity index (χ4n) is 2.65. The third-order valence-electron chi connectivity index (χ3n) is 3.82. The lowest BCUT2D eigenvalue weighted by Gasteiger charge is -2.05.